The van der Waals surface area contributed by atoms with Crippen molar-refractivity contribution < 1.29 is 9.59 Å². The minimum Gasteiger partial charge on any atom is -0.370 e. The summed E-state index contributed by atoms with van der Waals surface area (Å²) >= 11 is 0. The summed E-state index contributed by atoms with van der Waals surface area (Å²) in [6.07, 6.45) is 0.980. The highest BCUT2D eigenvalue weighted by atomic mass is 33.1. The molecule has 2 atom stereocenters. The highest BCUT2D eigenvalue weighted by molar-refractivity contribution is 8.76. The van der Waals surface area contributed by atoms with Crippen molar-refractivity contribution in [3.63, 3.8) is 0 Å². The van der Waals surface area contributed by atoms with Crippen molar-refractivity contribution in [3.8, 4) is 0 Å². The van der Waals surface area contributed by atoms with Crippen LogP contribution in [0.25, 0.3) is 0 Å². The molecule has 1 amide bonds. The number of hydrogen-bond acceptors (Lipinski definition) is 5. The lowest BCUT2D eigenvalue weighted by Crippen LogP contribution is -2.18. The second-order valence-electron chi connectivity index (χ2n) is 2.88. The number of amides is 1. The molecule has 0 radical (unpaired) electrons. The van der Waals surface area contributed by atoms with E-state index in [0.29, 0.717) is 18.6 Å². The first-order valence-corrected chi connectivity index (χ1v) is 6.34. The highest BCUT2D eigenvalue weighted by Gasteiger charge is 2.40. The van der Waals surface area contributed by atoms with Gasteiger partial charge in [0, 0.05) is 24.5 Å². The molecule has 13 heavy (non-hydrogen) atoms. The van der Waals surface area contributed by atoms with Gasteiger partial charge in [-0.15, -0.1) is 0 Å². The normalized spacial score (nSPS) is 22.8. The first kappa shape index (κ1) is 10.9. The molecule has 74 valence electrons. The third-order valence-electron chi connectivity index (χ3n) is 1.68. The van der Waals surface area contributed by atoms with Crippen molar-refractivity contribution in [2.24, 2.45) is 17.4 Å². The van der Waals surface area contributed by atoms with Gasteiger partial charge in [0.2, 0.25) is 5.91 Å². The van der Waals surface area contributed by atoms with Crippen molar-refractivity contribution in [1.82, 2.24) is 0 Å². The predicted octanol–water partition coefficient (Wildman–Crippen LogP) is 0.117. The summed E-state index contributed by atoms with van der Waals surface area (Å²) in [6.45, 7) is 0. The third kappa shape index (κ3) is 4.02. The maximum Gasteiger partial charge on any atom is 0.218 e. The van der Waals surface area contributed by atoms with Gasteiger partial charge in [-0.2, -0.15) is 0 Å². The van der Waals surface area contributed by atoms with Crippen LogP contribution < -0.4 is 11.5 Å². The Labute approximate surface area is 84.6 Å². The van der Waals surface area contributed by atoms with Crippen molar-refractivity contribution in [2.75, 3.05) is 5.75 Å². The van der Waals surface area contributed by atoms with Crippen LogP contribution >= 0.6 is 21.6 Å². The number of primary amides is 1. The largest absolute Gasteiger partial charge is 0.370 e. The Balaban J connectivity index is 1.99. The molecular formula is C7H12N2O2S2. The van der Waals surface area contributed by atoms with Crippen LogP contribution in [0.3, 0.4) is 0 Å². The standard InChI is InChI=1S/C7H12N2O2S2/c8-6(11)1-2-12-13-7(9)4-3-5(4)10/h4,7H,1-3,9H2,(H2,8,11). The van der Waals surface area contributed by atoms with E-state index in [1.807, 2.05) is 0 Å². The van der Waals surface area contributed by atoms with E-state index >= 15 is 0 Å². The van der Waals surface area contributed by atoms with Crippen molar-refractivity contribution >= 4 is 33.3 Å². The zero-order valence-corrected chi connectivity index (χ0v) is 8.70. The Morgan fingerprint density at radius 2 is 2.31 bits per heavy atom. The minimum absolute atomic E-state index is 0.0473. The lowest BCUT2D eigenvalue weighted by molar-refractivity contribution is -0.117. The zero-order chi connectivity index (χ0) is 9.84. The topological polar surface area (TPSA) is 86.2 Å². The lowest BCUT2D eigenvalue weighted by atomic mass is 10.4. The fourth-order valence-corrected chi connectivity index (χ4v) is 3.13. The average molecular weight is 220 g/mol. The van der Waals surface area contributed by atoms with Gasteiger partial charge in [-0.1, -0.05) is 21.6 Å². The number of hydrogen-bond donors (Lipinski definition) is 2. The Bertz CT molecular complexity index is 223. The summed E-state index contributed by atoms with van der Waals surface area (Å²) < 4.78 is 0. The van der Waals surface area contributed by atoms with Gasteiger partial charge in [-0.25, -0.2) is 0 Å². The fraction of sp³-hybridized carbons (Fsp3) is 0.714. The van der Waals surface area contributed by atoms with Gasteiger partial charge in [0.05, 0.1) is 5.37 Å². The number of carbonyl (C=O) groups excluding carboxylic acids is 2. The predicted molar refractivity (Wildman–Crippen MR) is 54.9 cm³/mol. The molecule has 4 nitrogen and oxygen atoms in total. The van der Waals surface area contributed by atoms with Gasteiger partial charge < -0.3 is 11.5 Å². The third-order valence-corrected chi connectivity index (χ3v) is 4.31. The lowest BCUT2D eigenvalue weighted by Gasteiger charge is -2.06. The van der Waals surface area contributed by atoms with E-state index in [9.17, 15) is 9.59 Å². The Morgan fingerprint density at radius 3 is 2.77 bits per heavy atom. The van der Waals surface area contributed by atoms with Crippen LogP contribution in [0.5, 0.6) is 0 Å². The number of ketones is 1. The van der Waals surface area contributed by atoms with Crippen LogP contribution in [0.2, 0.25) is 0 Å². The molecule has 0 bridgehead atoms. The maximum absolute atomic E-state index is 10.7. The first-order valence-electron chi connectivity index (χ1n) is 3.96. The molecule has 0 aromatic heterocycles. The molecule has 1 aliphatic carbocycles. The molecule has 1 fully saturated rings. The molecule has 0 saturated heterocycles. The maximum atomic E-state index is 10.7. The molecule has 0 aromatic carbocycles. The van der Waals surface area contributed by atoms with E-state index in [2.05, 4.69) is 0 Å². The molecule has 1 rings (SSSR count). The van der Waals surface area contributed by atoms with Crippen molar-refractivity contribution in [2.45, 2.75) is 18.2 Å². The van der Waals surface area contributed by atoms with Gasteiger partial charge >= 0.3 is 0 Å². The molecule has 0 aromatic rings. The average Bonchev–Trinajstić information content (AvgIpc) is 2.75. The highest BCUT2D eigenvalue weighted by Crippen LogP contribution is 2.37. The zero-order valence-electron chi connectivity index (χ0n) is 7.06. The molecule has 0 spiro atoms. The second-order valence-corrected chi connectivity index (χ2v) is 5.54. The van der Waals surface area contributed by atoms with Gasteiger partial charge in [0.25, 0.3) is 0 Å². The van der Waals surface area contributed by atoms with E-state index in [-0.39, 0.29) is 23.0 Å². The van der Waals surface area contributed by atoms with E-state index < -0.39 is 0 Å². The SMILES string of the molecule is NC(=O)CCSSC(N)C1CC1=O. The molecule has 0 aliphatic heterocycles. The Morgan fingerprint density at radius 1 is 1.69 bits per heavy atom. The van der Waals surface area contributed by atoms with Crippen LogP contribution in [0, 0.1) is 5.92 Å². The van der Waals surface area contributed by atoms with Crippen LogP contribution in [0.1, 0.15) is 12.8 Å². The Kier molecular flexibility index (Phi) is 4.08. The molecular weight excluding hydrogens is 208 g/mol. The summed E-state index contributed by atoms with van der Waals surface area (Å²) in [5, 5.41) is -0.120. The summed E-state index contributed by atoms with van der Waals surface area (Å²) in [5.74, 6) is 0.653. The molecule has 1 aliphatic rings. The van der Waals surface area contributed by atoms with Crippen molar-refractivity contribution in [3.05, 3.63) is 0 Å². The van der Waals surface area contributed by atoms with Crippen LogP contribution in [0.4, 0.5) is 0 Å². The summed E-state index contributed by atoms with van der Waals surface area (Å²) in [6, 6.07) is 0. The molecule has 0 heterocycles. The van der Waals surface area contributed by atoms with Gasteiger partial charge in [0.1, 0.15) is 5.78 Å². The molecule has 2 unspecified atom stereocenters. The first-order chi connectivity index (χ1) is 6.11. The minimum atomic E-state index is -0.302. The Hall–Kier alpha value is -0.200. The number of rotatable bonds is 6. The fourth-order valence-electron chi connectivity index (χ4n) is 0.793. The number of carbonyl (C=O) groups is 2. The van der Waals surface area contributed by atoms with E-state index in [1.54, 1.807) is 0 Å². The number of Topliss-reactive ketones (excluding diaryl/α,β-unsaturated/α-hetero) is 1. The van der Waals surface area contributed by atoms with E-state index in [4.69, 9.17) is 11.5 Å². The van der Waals surface area contributed by atoms with Gasteiger partial charge in [-0.05, 0) is 0 Å². The molecule has 4 N–H and O–H groups in total. The molecule has 1 saturated carbocycles. The smallest absolute Gasteiger partial charge is 0.218 e. The molecule has 6 heteroatoms. The van der Waals surface area contributed by atoms with E-state index in [0.717, 1.165) is 0 Å². The quantitative estimate of drug-likeness (QED) is 0.377. The summed E-state index contributed by atoms with van der Waals surface area (Å²) in [7, 11) is 2.96. The van der Waals surface area contributed by atoms with Crippen LogP contribution in [-0.4, -0.2) is 22.8 Å². The summed E-state index contributed by atoms with van der Waals surface area (Å²) in [4.78, 5) is 21.0. The van der Waals surface area contributed by atoms with E-state index in [1.165, 1.54) is 21.6 Å². The second kappa shape index (κ2) is 4.88. The van der Waals surface area contributed by atoms with Gasteiger partial charge in [0.15, 0.2) is 0 Å². The van der Waals surface area contributed by atoms with Crippen molar-refractivity contribution in [1.29, 1.82) is 0 Å². The van der Waals surface area contributed by atoms with Crippen LogP contribution in [0.15, 0.2) is 0 Å². The van der Waals surface area contributed by atoms with Gasteiger partial charge in [-0.3, -0.25) is 9.59 Å². The number of nitrogens with two attached hydrogens (primary N) is 2. The monoisotopic (exact) mass is 220 g/mol. The van der Waals surface area contributed by atoms with Crippen LogP contribution in [-0.2, 0) is 9.59 Å². The summed E-state index contributed by atoms with van der Waals surface area (Å²) in [5.41, 5.74) is 10.6.